The molecule has 0 bridgehead atoms. The first-order chi connectivity index (χ1) is 7.54. The number of phenols is 1. The van der Waals surface area contributed by atoms with Gasteiger partial charge in [-0.1, -0.05) is 30.8 Å². The van der Waals surface area contributed by atoms with E-state index in [-0.39, 0.29) is 16.1 Å². The molecule has 0 aromatic heterocycles. The SMILES string of the molecule is CC(=O)SC(C)Cc1cccc(O)c1C=O. The van der Waals surface area contributed by atoms with Crippen LogP contribution in [-0.4, -0.2) is 21.8 Å². The topological polar surface area (TPSA) is 54.4 Å². The number of carbonyl (C=O) groups excluding carboxylic acids is 2. The first-order valence-electron chi connectivity index (χ1n) is 4.98. The molecule has 0 heterocycles. The van der Waals surface area contributed by atoms with Crippen LogP contribution < -0.4 is 0 Å². The molecule has 0 spiro atoms. The van der Waals surface area contributed by atoms with E-state index in [9.17, 15) is 14.7 Å². The highest BCUT2D eigenvalue weighted by atomic mass is 32.2. The van der Waals surface area contributed by atoms with E-state index in [2.05, 4.69) is 0 Å². The summed E-state index contributed by atoms with van der Waals surface area (Å²) in [5.74, 6) is -0.00692. The van der Waals surface area contributed by atoms with Gasteiger partial charge in [0.05, 0.1) is 5.56 Å². The Morgan fingerprint density at radius 1 is 1.56 bits per heavy atom. The maximum atomic E-state index is 10.9. The molecule has 0 saturated carbocycles. The average Bonchev–Trinajstić information content (AvgIpc) is 2.16. The van der Waals surface area contributed by atoms with E-state index >= 15 is 0 Å². The van der Waals surface area contributed by atoms with Gasteiger partial charge in [0.2, 0.25) is 0 Å². The summed E-state index contributed by atoms with van der Waals surface area (Å²) in [6.07, 6.45) is 1.24. The second kappa shape index (κ2) is 5.70. The predicted octanol–water partition coefficient (Wildman–Crippen LogP) is 2.42. The maximum Gasteiger partial charge on any atom is 0.186 e. The minimum absolute atomic E-state index is 0.00692. The minimum Gasteiger partial charge on any atom is -0.507 e. The standard InChI is InChI=1S/C12H14O3S/c1-8(16-9(2)14)6-10-4-3-5-12(15)11(10)7-13/h3-5,7-8,15H,6H2,1-2H3. The van der Waals surface area contributed by atoms with E-state index in [1.807, 2.05) is 6.92 Å². The third-order valence-electron chi connectivity index (χ3n) is 2.17. The molecule has 16 heavy (non-hydrogen) atoms. The van der Waals surface area contributed by atoms with Crippen LogP contribution in [0, 0.1) is 0 Å². The second-order valence-electron chi connectivity index (χ2n) is 3.59. The Balaban J connectivity index is 2.84. The number of aromatic hydroxyl groups is 1. The zero-order chi connectivity index (χ0) is 12.1. The Hall–Kier alpha value is -1.29. The zero-order valence-electron chi connectivity index (χ0n) is 9.27. The van der Waals surface area contributed by atoms with E-state index in [1.165, 1.54) is 24.8 Å². The van der Waals surface area contributed by atoms with E-state index < -0.39 is 0 Å². The molecule has 1 aromatic carbocycles. The molecule has 0 aliphatic rings. The van der Waals surface area contributed by atoms with Crippen molar-refractivity contribution in [2.75, 3.05) is 0 Å². The Morgan fingerprint density at radius 3 is 2.81 bits per heavy atom. The first kappa shape index (κ1) is 12.8. The fourth-order valence-corrected chi connectivity index (χ4v) is 2.38. The summed E-state index contributed by atoms with van der Waals surface area (Å²) < 4.78 is 0. The van der Waals surface area contributed by atoms with Crippen molar-refractivity contribution in [2.45, 2.75) is 25.5 Å². The minimum atomic E-state index is -0.00692. The first-order valence-corrected chi connectivity index (χ1v) is 5.85. The number of benzene rings is 1. The molecule has 4 heteroatoms. The molecule has 1 aromatic rings. The van der Waals surface area contributed by atoms with Gasteiger partial charge in [0, 0.05) is 12.2 Å². The van der Waals surface area contributed by atoms with Crippen LogP contribution in [0.1, 0.15) is 29.8 Å². The van der Waals surface area contributed by atoms with Crippen LogP contribution in [-0.2, 0) is 11.2 Å². The van der Waals surface area contributed by atoms with E-state index in [0.29, 0.717) is 18.3 Å². The summed E-state index contributed by atoms with van der Waals surface area (Å²) in [6.45, 7) is 3.44. The van der Waals surface area contributed by atoms with Crippen molar-refractivity contribution in [3.05, 3.63) is 29.3 Å². The van der Waals surface area contributed by atoms with Crippen LogP contribution >= 0.6 is 11.8 Å². The normalized spacial score (nSPS) is 12.1. The van der Waals surface area contributed by atoms with Crippen molar-refractivity contribution in [3.8, 4) is 5.75 Å². The molecular formula is C12H14O3S. The van der Waals surface area contributed by atoms with Crippen molar-refractivity contribution < 1.29 is 14.7 Å². The summed E-state index contributed by atoms with van der Waals surface area (Å²) in [5, 5.41) is 9.63. The molecule has 0 amide bonds. The molecule has 0 saturated heterocycles. The molecular weight excluding hydrogens is 224 g/mol. The molecule has 0 aliphatic carbocycles. The Kier molecular flexibility index (Phi) is 4.55. The smallest absolute Gasteiger partial charge is 0.186 e. The molecule has 0 radical (unpaired) electrons. The van der Waals surface area contributed by atoms with Crippen LogP contribution in [0.3, 0.4) is 0 Å². The number of carbonyl (C=O) groups is 2. The lowest BCUT2D eigenvalue weighted by Crippen LogP contribution is -2.06. The number of thioether (sulfide) groups is 1. The van der Waals surface area contributed by atoms with Crippen LogP contribution in [0.2, 0.25) is 0 Å². The predicted molar refractivity (Wildman–Crippen MR) is 64.9 cm³/mol. The highest BCUT2D eigenvalue weighted by Crippen LogP contribution is 2.23. The van der Waals surface area contributed by atoms with Gasteiger partial charge < -0.3 is 5.11 Å². The molecule has 3 nitrogen and oxygen atoms in total. The van der Waals surface area contributed by atoms with Crippen molar-refractivity contribution in [3.63, 3.8) is 0 Å². The highest BCUT2D eigenvalue weighted by Gasteiger charge is 2.12. The summed E-state index contributed by atoms with van der Waals surface area (Å²) in [6, 6.07) is 4.97. The zero-order valence-corrected chi connectivity index (χ0v) is 10.1. The fraction of sp³-hybridized carbons (Fsp3) is 0.333. The summed E-state index contributed by atoms with van der Waals surface area (Å²) in [7, 11) is 0. The average molecular weight is 238 g/mol. The Labute approximate surface area is 98.9 Å². The van der Waals surface area contributed by atoms with Crippen LogP contribution in [0.25, 0.3) is 0 Å². The molecule has 1 rings (SSSR count). The number of rotatable bonds is 4. The van der Waals surface area contributed by atoms with Gasteiger partial charge in [-0.05, 0) is 18.1 Å². The van der Waals surface area contributed by atoms with Crippen molar-refractivity contribution in [1.29, 1.82) is 0 Å². The van der Waals surface area contributed by atoms with Gasteiger partial charge in [0.1, 0.15) is 5.75 Å². The number of phenolic OH excluding ortho intramolecular Hbond substituents is 1. The highest BCUT2D eigenvalue weighted by molar-refractivity contribution is 8.14. The van der Waals surface area contributed by atoms with Crippen molar-refractivity contribution in [1.82, 2.24) is 0 Å². The van der Waals surface area contributed by atoms with E-state index in [0.717, 1.165) is 5.56 Å². The van der Waals surface area contributed by atoms with Gasteiger partial charge in [-0.15, -0.1) is 0 Å². The lowest BCUT2D eigenvalue weighted by atomic mass is 10.0. The van der Waals surface area contributed by atoms with Crippen molar-refractivity contribution in [2.24, 2.45) is 0 Å². The summed E-state index contributed by atoms with van der Waals surface area (Å²) in [4.78, 5) is 21.7. The summed E-state index contributed by atoms with van der Waals surface area (Å²) >= 11 is 1.24. The van der Waals surface area contributed by atoms with Crippen LogP contribution in [0.5, 0.6) is 5.75 Å². The quantitative estimate of drug-likeness (QED) is 0.818. The molecule has 1 N–H and O–H groups in total. The van der Waals surface area contributed by atoms with Gasteiger partial charge in [0.15, 0.2) is 11.4 Å². The number of aldehydes is 1. The van der Waals surface area contributed by atoms with Gasteiger partial charge in [-0.3, -0.25) is 9.59 Å². The molecule has 86 valence electrons. The number of hydrogen-bond donors (Lipinski definition) is 1. The third kappa shape index (κ3) is 3.38. The Morgan fingerprint density at radius 2 is 2.25 bits per heavy atom. The van der Waals surface area contributed by atoms with E-state index in [4.69, 9.17) is 0 Å². The Bertz CT molecular complexity index is 401. The van der Waals surface area contributed by atoms with Gasteiger partial charge >= 0.3 is 0 Å². The monoisotopic (exact) mass is 238 g/mol. The van der Waals surface area contributed by atoms with Gasteiger partial charge in [-0.25, -0.2) is 0 Å². The molecule has 0 fully saturated rings. The lowest BCUT2D eigenvalue weighted by Gasteiger charge is -2.11. The third-order valence-corrected chi connectivity index (χ3v) is 3.07. The second-order valence-corrected chi connectivity index (χ2v) is 5.21. The molecule has 1 atom stereocenters. The number of hydrogen-bond acceptors (Lipinski definition) is 4. The van der Waals surface area contributed by atoms with Gasteiger partial charge in [0.25, 0.3) is 0 Å². The fourth-order valence-electron chi connectivity index (χ4n) is 1.55. The van der Waals surface area contributed by atoms with Gasteiger partial charge in [-0.2, -0.15) is 0 Å². The van der Waals surface area contributed by atoms with Crippen molar-refractivity contribution >= 4 is 23.2 Å². The van der Waals surface area contributed by atoms with Crippen LogP contribution in [0.4, 0.5) is 0 Å². The van der Waals surface area contributed by atoms with Crippen LogP contribution in [0.15, 0.2) is 18.2 Å². The molecule has 0 aliphatic heterocycles. The largest absolute Gasteiger partial charge is 0.507 e. The lowest BCUT2D eigenvalue weighted by molar-refractivity contribution is -0.109. The van der Waals surface area contributed by atoms with E-state index in [1.54, 1.807) is 12.1 Å². The maximum absolute atomic E-state index is 10.9. The summed E-state index contributed by atoms with van der Waals surface area (Å²) in [5.41, 5.74) is 1.09. The molecule has 1 unspecified atom stereocenters.